The first-order chi connectivity index (χ1) is 12.6. The Morgan fingerprint density at radius 2 is 1.88 bits per heavy atom. The monoisotopic (exact) mass is 352 g/mol. The molecule has 2 aromatic carbocycles. The van der Waals surface area contributed by atoms with Crippen molar-refractivity contribution < 1.29 is 14.5 Å². The Balaban J connectivity index is 1.99. The summed E-state index contributed by atoms with van der Waals surface area (Å²) in [5.41, 5.74) is 1.86. The van der Waals surface area contributed by atoms with E-state index in [1.165, 1.54) is 35.5 Å². The lowest BCUT2D eigenvalue weighted by Crippen LogP contribution is -2.41. The summed E-state index contributed by atoms with van der Waals surface area (Å²) in [6.07, 6.45) is 0.544. The second-order valence-electron chi connectivity index (χ2n) is 5.37. The second kappa shape index (κ2) is 7.56. The zero-order valence-corrected chi connectivity index (χ0v) is 14.0. The molecule has 0 spiro atoms. The molecule has 1 atom stereocenters. The molecule has 0 bridgehead atoms. The normalized spacial score (nSPS) is 16.1. The number of rotatable bonds is 5. The predicted octanol–water partition coefficient (Wildman–Crippen LogP) is 2.78. The molecule has 8 heteroatoms. The van der Waals surface area contributed by atoms with Crippen molar-refractivity contribution >= 4 is 29.3 Å². The van der Waals surface area contributed by atoms with E-state index in [-0.39, 0.29) is 12.3 Å². The lowest BCUT2D eigenvalue weighted by atomic mass is 10.1. The Labute approximate surface area is 149 Å². The third-order valence-corrected chi connectivity index (χ3v) is 3.68. The van der Waals surface area contributed by atoms with E-state index in [1.807, 2.05) is 30.3 Å². The molecule has 0 radical (unpaired) electrons. The third-order valence-electron chi connectivity index (χ3n) is 3.68. The summed E-state index contributed by atoms with van der Waals surface area (Å²) in [7, 11) is 0. The molecule has 1 aliphatic heterocycles. The van der Waals surface area contributed by atoms with Crippen LogP contribution in [0.1, 0.15) is 12.5 Å². The van der Waals surface area contributed by atoms with Gasteiger partial charge in [-0.05, 0) is 19.1 Å². The zero-order valence-electron chi connectivity index (χ0n) is 14.0. The molecule has 0 fully saturated rings. The van der Waals surface area contributed by atoms with Crippen LogP contribution in [0.4, 0.5) is 11.4 Å². The topological polar surface area (TPSA) is 97.4 Å². The minimum atomic E-state index is -0.983. The molecular weight excluding hydrogens is 336 g/mol. The Morgan fingerprint density at radius 1 is 1.19 bits per heavy atom. The molecule has 26 heavy (non-hydrogen) atoms. The maximum absolute atomic E-state index is 12.2. The van der Waals surface area contributed by atoms with Gasteiger partial charge in [-0.1, -0.05) is 30.3 Å². The molecule has 3 rings (SSSR count). The molecule has 0 amide bonds. The van der Waals surface area contributed by atoms with Crippen LogP contribution >= 0.6 is 0 Å². The van der Waals surface area contributed by atoms with Crippen LogP contribution in [-0.4, -0.2) is 35.6 Å². The summed E-state index contributed by atoms with van der Waals surface area (Å²) < 4.78 is 5.06. The van der Waals surface area contributed by atoms with Gasteiger partial charge in [0.05, 0.1) is 23.4 Å². The van der Waals surface area contributed by atoms with Crippen LogP contribution in [0.5, 0.6) is 0 Å². The van der Waals surface area contributed by atoms with Crippen LogP contribution in [0.2, 0.25) is 0 Å². The number of esters is 1. The molecule has 0 aromatic heterocycles. The highest BCUT2D eigenvalue weighted by Crippen LogP contribution is 2.24. The smallest absolute Gasteiger partial charge is 0.353 e. The molecule has 1 aliphatic rings. The Bertz CT molecular complexity index is 863. The summed E-state index contributed by atoms with van der Waals surface area (Å²) in [4.78, 5) is 26.9. The van der Waals surface area contributed by atoms with Gasteiger partial charge in [0, 0.05) is 17.7 Å². The highest BCUT2D eigenvalue weighted by atomic mass is 16.6. The van der Waals surface area contributed by atoms with Crippen molar-refractivity contribution in [2.45, 2.75) is 13.1 Å². The van der Waals surface area contributed by atoms with Gasteiger partial charge in [0.15, 0.2) is 0 Å². The van der Waals surface area contributed by atoms with Gasteiger partial charge in [0.2, 0.25) is 6.17 Å². The lowest BCUT2D eigenvalue weighted by Gasteiger charge is -2.28. The molecule has 0 saturated carbocycles. The van der Waals surface area contributed by atoms with Gasteiger partial charge < -0.3 is 4.74 Å². The van der Waals surface area contributed by atoms with Crippen molar-refractivity contribution in [1.82, 2.24) is 0 Å². The van der Waals surface area contributed by atoms with E-state index in [4.69, 9.17) is 4.74 Å². The predicted molar refractivity (Wildman–Crippen MR) is 97.5 cm³/mol. The fourth-order valence-electron chi connectivity index (χ4n) is 2.45. The first kappa shape index (κ1) is 17.3. The van der Waals surface area contributed by atoms with Gasteiger partial charge in [-0.25, -0.2) is 9.80 Å². The number of non-ortho nitro benzene ring substituents is 1. The van der Waals surface area contributed by atoms with Crippen LogP contribution in [-0.2, 0) is 9.53 Å². The third kappa shape index (κ3) is 3.59. The van der Waals surface area contributed by atoms with Crippen molar-refractivity contribution in [1.29, 1.82) is 0 Å². The summed E-state index contributed by atoms with van der Waals surface area (Å²) in [6.45, 7) is 1.92. The molecule has 1 heterocycles. The Morgan fingerprint density at radius 3 is 2.50 bits per heavy atom. The van der Waals surface area contributed by atoms with Crippen LogP contribution in [0.3, 0.4) is 0 Å². The van der Waals surface area contributed by atoms with Gasteiger partial charge in [-0.2, -0.15) is 5.10 Å². The molecule has 8 nitrogen and oxygen atoms in total. The van der Waals surface area contributed by atoms with Crippen LogP contribution in [0, 0.1) is 10.1 Å². The van der Waals surface area contributed by atoms with Crippen molar-refractivity contribution in [3.05, 3.63) is 70.3 Å². The van der Waals surface area contributed by atoms with Crippen molar-refractivity contribution in [2.75, 3.05) is 11.6 Å². The number of hydrogen-bond acceptors (Lipinski definition) is 7. The average Bonchev–Trinajstić information content (AvgIpc) is 2.68. The first-order valence-electron chi connectivity index (χ1n) is 7.97. The van der Waals surface area contributed by atoms with E-state index in [0.29, 0.717) is 11.4 Å². The Hall–Kier alpha value is -3.55. The van der Waals surface area contributed by atoms with Crippen molar-refractivity contribution in [3.63, 3.8) is 0 Å². The number of ether oxygens (including phenoxy) is 1. The van der Waals surface area contributed by atoms with Crippen molar-refractivity contribution in [3.8, 4) is 0 Å². The van der Waals surface area contributed by atoms with Gasteiger partial charge in [0.25, 0.3) is 5.69 Å². The van der Waals surface area contributed by atoms with Crippen LogP contribution in [0.25, 0.3) is 0 Å². The van der Waals surface area contributed by atoms with E-state index in [2.05, 4.69) is 10.1 Å². The number of carbonyl (C=O) groups excluding carboxylic acids is 1. The molecule has 1 unspecified atom stereocenters. The number of nitro groups is 1. The number of aliphatic imine (C=N–C) groups is 1. The number of anilines is 1. The van der Waals surface area contributed by atoms with Crippen molar-refractivity contribution in [2.24, 2.45) is 10.1 Å². The number of nitro benzene ring substituents is 1. The van der Waals surface area contributed by atoms with E-state index >= 15 is 0 Å². The van der Waals surface area contributed by atoms with Gasteiger partial charge in [-0.3, -0.25) is 15.1 Å². The minimum Gasteiger partial charge on any atom is -0.463 e. The van der Waals surface area contributed by atoms with E-state index in [9.17, 15) is 14.9 Å². The van der Waals surface area contributed by atoms with Gasteiger partial charge in [-0.15, -0.1) is 0 Å². The number of hydrogen-bond donors (Lipinski definition) is 0. The largest absolute Gasteiger partial charge is 0.463 e. The fourth-order valence-corrected chi connectivity index (χ4v) is 2.45. The number of benzene rings is 2. The maximum Gasteiger partial charge on any atom is 0.353 e. The van der Waals surface area contributed by atoms with Gasteiger partial charge in [0.1, 0.15) is 5.71 Å². The molecule has 132 valence electrons. The quantitative estimate of drug-likeness (QED) is 0.468. The average molecular weight is 352 g/mol. The number of carbonyl (C=O) groups is 1. The summed E-state index contributed by atoms with van der Waals surface area (Å²) in [5.74, 6) is -0.544. The lowest BCUT2D eigenvalue weighted by molar-refractivity contribution is -0.384. The standard InChI is InChI=1S/C18H16N4O4/c1-2-26-18(23)17-19-12-16(13-6-4-3-5-7-13)20-21(17)14-8-10-15(11-9-14)22(24)25/h3-12,17H,2H2,1H3. The van der Waals surface area contributed by atoms with E-state index < -0.39 is 17.1 Å². The summed E-state index contributed by atoms with van der Waals surface area (Å²) in [6, 6.07) is 15.2. The molecular formula is C18H16N4O4. The maximum atomic E-state index is 12.2. The van der Waals surface area contributed by atoms with Gasteiger partial charge >= 0.3 is 5.97 Å². The molecule has 2 aromatic rings. The highest BCUT2D eigenvalue weighted by Gasteiger charge is 2.30. The summed E-state index contributed by atoms with van der Waals surface area (Å²) >= 11 is 0. The minimum absolute atomic E-state index is 0.0470. The molecule has 0 saturated heterocycles. The zero-order chi connectivity index (χ0) is 18.5. The number of nitrogens with zero attached hydrogens (tertiary/aromatic N) is 4. The highest BCUT2D eigenvalue weighted by molar-refractivity contribution is 6.39. The molecule has 0 aliphatic carbocycles. The molecule has 0 N–H and O–H groups in total. The fraction of sp³-hybridized carbons (Fsp3) is 0.167. The van der Waals surface area contributed by atoms with Crippen LogP contribution < -0.4 is 5.01 Å². The Kier molecular flexibility index (Phi) is 5.02. The van der Waals surface area contributed by atoms with Crippen LogP contribution in [0.15, 0.2) is 64.7 Å². The SMILES string of the molecule is CCOC(=O)C1N=CC(c2ccccc2)=NN1c1ccc([N+](=O)[O-])cc1. The number of hydrazone groups is 1. The second-order valence-corrected chi connectivity index (χ2v) is 5.37. The summed E-state index contributed by atoms with van der Waals surface area (Å²) in [5, 5.41) is 16.8. The first-order valence-corrected chi connectivity index (χ1v) is 7.97. The van der Waals surface area contributed by atoms with E-state index in [0.717, 1.165) is 5.56 Å². The van der Waals surface area contributed by atoms with E-state index in [1.54, 1.807) is 6.92 Å².